The van der Waals surface area contributed by atoms with Gasteiger partial charge in [0.25, 0.3) is 5.56 Å². The van der Waals surface area contributed by atoms with Gasteiger partial charge in [-0.05, 0) is 92.8 Å². The maximum atomic E-state index is 14.6. The van der Waals surface area contributed by atoms with Crippen molar-refractivity contribution in [3.05, 3.63) is 82.9 Å². The molecule has 1 aliphatic heterocycles. The first-order valence-corrected chi connectivity index (χ1v) is 29.5. The highest BCUT2D eigenvalue weighted by Gasteiger charge is 2.35. The van der Waals surface area contributed by atoms with Crippen molar-refractivity contribution in [2.75, 3.05) is 51.2 Å². The van der Waals surface area contributed by atoms with E-state index in [-0.39, 0.29) is 79.4 Å². The maximum absolute atomic E-state index is 14.6. The molecule has 30 heteroatoms. The molecule has 4 aromatic rings. The quantitative estimate of drug-likeness (QED) is 0.0127. The summed E-state index contributed by atoms with van der Waals surface area (Å²) < 4.78 is 1.09. The molecule has 5 rings (SSSR count). The number of piperazine rings is 1. The van der Waals surface area contributed by atoms with Crippen LogP contribution >= 0.6 is 0 Å². The number of hydrogen-bond donors (Lipinski definition) is 14. The molecule has 2 aromatic heterocycles. The molecule has 0 bridgehead atoms. The SMILES string of the molecule is CC[C@H](C)[C@H](N)C(=O)N[C@@H](CCCCN)C(=O)N1CCN(c2ccc3ncn(CC(=O)N[C@@H](CCCN=C(N)N)C(=O)N[C@@H](Cc4cnc[nH]4)C(=O)N[C@@H](Cc4ccc(O)cc4)C(=O)N[C@@H](CC(C)C)C(=O)N[C@@H](CC(N)=O)C(=O)NC)c(=O)c3c2)CC1. The van der Waals surface area contributed by atoms with Crippen LogP contribution in [0.3, 0.4) is 0 Å². The molecule has 0 spiro atoms. The summed E-state index contributed by atoms with van der Waals surface area (Å²) in [7, 11) is 1.31. The lowest BCUT2D eigenvalue weighted by molar-refractivity contribution is -0.137. The standard InChI is InChI=1S/C58H87N19O11/c1-6-34(4)49(61)55(86)70-42(10-7-8-18-59)57(88)76-22-20-75(21-23-76)37-14-17-40-39(27-37)56(87)77(32-68-40)30-48(80)69-41(11-9-19-66-58(62)63)51(82)73-45(26-36-29-65-31-67-36)54(85)72-44(25-35-12-15-38(78)16-13-35)53(84)71-43(24-33(2)3)52(83)74-46(28-47(60)79)50(81)64-5/h12-17,27,29,31-34,41-46,49,78H,6-11,18-26,28,30,59,61H2,1-5H3,(H2,60,79)(H,64,81)(H,65,67)(H,69,80)(H,70,86)(H,71,84)(H,72,85)(H,73,82)(H,74,83)(H4,62,63,66)/t34-,41-,42-,43-,44-,45-,46-,49-/m0/s1. The van der Waals surface area contributed by atoms with Crippen LogP contribution < -0.4 is 76.3 Å². The third-order valence-corrected chi connectivity index (χ3v) is 15.0. The number of guanidine groups is 1. The van der Waals surface area contributed by atoms with Crippen molar-refractivity contribution in [3.63, 3.8) is 0 Å². The molecule has 0 unspecified atom stereocenters. The second-order valence-corrected chi connectivity index (χ2v) is 22.3. The summed E-state index contributed by atoms with van der Waals surface area (Å²) in [6.07, 6.45) is 5.61. The number of phenols is 1. The summed E-state index contributed by atoms with van der Waals surface area (Å²) in [6.45, 7) is 8.77. The van der Waals surface area contributed by atoms with Crippen LogP contribution in [-0.2, 0) is 62.5 Å². The highest BCUT2D eigenvalue weighted by molar-refractivity contribution is 5.97. The number of aromatic nitrogens is 4. The van der Waals surface area contributed by atoms with E-state index < -0.39 is 102 Å². The number of rotatable bonds is 34. The average Bonchev–Trinajstić information content (AvgIpc) is 2.73. The molecule has 3 heterocycles. The van der Waals surface area contributed by atoms with Gasteiger partial charge in [-0.3, -0.25) is 57.5 Å². The predicted octanol–water partition coefficient (Wildman–Crippen LogP) is -2.91. The van der Waals surface area contributed by atoms with Gasteiger partial charge in [0.1, 0.15) is 48.5 Å². The molecule has 0 radical (unpaired) electrons. The molecule has 1 aliphatic rings. The molecule has 1 fully saturated rings. The van der Waals surface area contributed by atoms with E-state index in [4.69, 9.17) is 28.7 Å². The van der Waals surface area contributed by atoms with Gasteiger partial charge < -0.3 is 85.8 Å². The molecule has 1 saturated heterocycles. The van der Waals surface area contributed by atoms with Crippen LogP contribution in [0.25, 0.3) is 10.9 Å². The van der Waals surface area contributed by atoms with E-state index in [1.807, 2.05) is 18.7 Å². The Balaban J connectivity index is 1.35. The number of nitrogens with two attached hydrogens (primary N) is 5. The van der Waals surface area contributed by atoms with E-state index in [2.05, 4.69) is 57.2 Å². The molecule has 30 nitrogen and oxygen atoms in total. The Kier molecular flexibility index (Phi) is 27.1. The number of anilines is 1. The number of likely N-dealkylation sites (N-methyl/N-ethyl adjacent to an activating group) is 1. The van der Waals surface area contributed by atoms with Crippen molar-refractivity contribution in [2.24, 2.45) is 45.5 Å². The smallest absolute Gasteiger partial charge is 0.261 e. The highest BCUT2D eigenvalue weighted by Crippen LogP contribution is 2.22. The topological polar surface area (TPSA) is 471 Å². The van der Waals surface area contributed by atoms with E-state index in [0.29, 0.717) is 80.9 Å². The Morgan fingerprint density at radius 3 is 1.94 bits per heavy atom. The molecule has 8 atom stereocenters. The number of carbonyl (C=O) groups excluding carboxylic acids is 9. The minimum atomic E-state index is -1.46. The first kappa shape index (κ1) is 69.6. The van der Waals surface area contributed by atoms with Crippen LogP contribution in [-0.4, -0.2) is 177 Å². The highest BCUT2D eigenvalue weighted by atomic mass is 16.3. The third kappa shape index (κ3) is 21.3. The first-order chi connectivity index (χ1) is 41.9. The number of fused-ring (bicyclic) bond motifs is 1. The molecule has 480 valence electrons. The van der Waals surface area contributed by atoms with Gasteiger partial charge in [0.05, 0.1) is 36.0 Å². The number of imidazole rings is 1. The Morgan fingerprint density at radius 2 is 1.34 bits per heavy atom. The number of primary amides is 1. The first-order valence-electron chi connectivity index (χ1n) is 29.5. The van der Waals surface area contributed by atoms with Crippen LogP contribution in [0, 0.1) is 11.8 Å². The van der Waals surface area contributed by atoms with E-state index in [1.54, 1.807) is 36.9 Å². The fourth-order valence-electron chi connectivity index (χ4n) is 9.84. The van der Waals surface area contributed by atoms with Crippen molar-refractivity contribution in [3.8, 4) is 5.75 Å². The van der Waals surface area contributed by atoms with Crippen LogP contribution in [0.5, 0.6) is 5.75 Å². The van der Waals surface area contributed by atoms with Gasteiger partial charge in [0.15, 0.2) is 5.96 Å². The number of aromatic hydroxyl groups is 1. The number of aliphatic imine (C=N–C) groups is 1. The number of benzene rings is 2. The van der Waals surface area contributed by atoms with Crippen molar-refractivity contribution in [2.45, 2.75) is 141 Å². The van der Waals surface area contributed by atoms with Gasteiger partial charge in [-0.1, -0.05) is 46.2 Å². The zero-order valence-corrected chi connectivity index (χ0v) is 50.6. The number of aromatic amines is 1. The fourth-order valence-corrected chi connectivity index (χ4v) is 9.84. The summed E-state index contributed by atoms with van der Waals surface area (Å²) in [5.74, 6) is -6.92. The molecular weight excluding hydrogens is 1140 g/mol. The normalized spacial score (nSPS) is 15.0. The summed E-state index contributed by atoms with van der Waals surface area (Å²) >= 11 is 0. The Morgan fingerprint density at radius 1 is 0.727 bits per heavy atom. The summed E-state index contributed by atoms with van der Waals surface area (Å²) in [4.78, 5) is 156. The number of carbonyl (C=O) groups is 9. The van der Waals surface area contributed by atoms with Gasteiger partial charge in [-0.2, -0.15) is 0 Å². The van der Waals surface area contributed by atoms with Gasteiger partial charge in [-0.15, -0.1) is 0 Å². The number of nitrogens with one attached hydrogen (secondary N) is 8. The van der Waals surface area contributed by atoms with Gasteiger partial charge in [0.2, 0.25) is 53.2 Å². The van der Waals surface area contributed by atoms with E-state index in [9.17, 15) is 53.1 Å². The largest absolute Gasteiger partial charge is 0.508 e. The Bertz CT molecular complexity index is 3110. The van der Waals surface area contributed by atoms with E-state index in [0.717, 1.165) is 4.57 Å². The molecule has 88 heavy (non-hydrogen) atoms. The second-order valence-electron chi connectivity index (χ2n) is 22.3. The number of hydrogen-bond acceptors (Lipinski definition) is 17. The maximum Gasteiger partial charge on any atom is 0.261 e. The molecule has 9 amide bonds. The lowest BCUT2D eigenvalue weighted by Gasteiger charge is -2.38. The van der Waals surface area contributed by atoms with Crippen LogP contribution in [0.2, 0.25) is 0 Å². The summed E-state index contributed by atoms with van der Waals surface area (Å²) in [6, 6.07) is 2.47. The fraction of sp³-hybridized carbons (Fsp3) is 0.534. The van der Waals surface area contributed by atoms with E-state index in [1.165, 1.54) is 50.2 Å². The zero-order valence-electron chi connectivity index (χ0n) is 50.6. The number of H-pyrrole nitrogens is 1. The summed E-state index contributed by atoms with van der Waals surface area (Å²) in [5.41, 5.74) is 29.8. The molecule has 0 saturated carbocycles. The van der Waals surface area contributed by atoms with Crippen molar-refractivity contribution in [1.29, 1.82) is 0 Å². The minimum Gasteiger partial charge on any atom is -0.508 e. The number of nitrogens with zero attached hydrogens (tertiary/aromatic N) is 6. The number of phenolic OH excluding ortho intramolecular Hbond substituents is 1. The van der Waals surface area contributed by atoms with Crippen LogP contribution in [0.15, 0.2) is 71.1 Å². The van der Waals surface area contributed by atoms with Crippen molar-refractivity contribution in [1.82, 2.24) is 61.6 Å². The predicted molar refractivity (Wildman–Crippen MR) is 328 cm³/mol. The van der Waals surface area contributed by atoms with Crippen LogP contribution in [0.1, 0.15) is 90.3 Å². The molecule has 2 aromatic carbocycles. The molecule has 19 N–H and O–H groups in total. The monoisotopic (exact) mass is 1230 g/mol. The summed E-state index contributed by atoms with van der Waals surface area (Å²) in [5, 5.41) is 28.7. The Labute approximate surface area is 510 Å². The second kappa shape index (κ2) is 34.2. The lowest BCUT2D eigenvalue weighted by atomic mass is 9.98. The zero-order chi connectivity index (χ0) is 64.6. The number of unbranched alkanes of at least 4 members (excludes halogenated alkanes) is 1. The Hall–Kier alpha value is -9.19. The van der Waals surface area contributed by atoms with Crippen LogP contribution in [0.4, 0.5) is 5.69 Å². The third-order valence-electron chi connectivity index (χ3n) is 15.0. The van der Waals surface area contributed by atoms with E-state index >= 15 is 0 Å². The molecular formula is C58H87N19O11. The molecule has 0 aliphatic carbocycles. The van der Waals surface area contributed by atoms with Crippen molar-refractivity contribution < 1.29 is 48.3 Å². The van der Waals surface area contributed by atoms with Crippen molar-refractivity contribution >= 4 is 75.7 Å². The minimum absolute atomic E-state index is 0.0466. The van der Waals surface area contributed by atoms with Gasteiger partial charge >= 0.3 is 0 Å². The lowest BCUT2D eigenvalue weighted by Crippen LogP contribution is -2.60. The van der Waals surface area contributed by atoms with Gasteiger partial charge in [0, 0.05) is 70.2 Å². The van der Waals surface area contributed by atoms with Gasteiger partial charge in [-0.25, -0.2) is 9.97 Å². The number of amides is 9. The average molecular weight is 1230 g/mol.